The molecule has 0 spiro atoms. The molecule has 1 rings (SSSR count). The molecule has 0 bridgehead atoms. The second-order valence-corrected chi connectivity index (χ2v) is 5.52. The number of rotatable bonds is 9. The maximum absolute atomic E-state index is 12.4. The van der Waals surface area contributed by atoms with Crippen molar-refractivity contribution in [2.45, 2.75) is 13.8 Å². The van der Waals surface area contributed by atoms with Gasteiger partial charge in [0.2, 0.25) is 0 Å². The fraction of sp³-hybridized carbons (Fsp3) is 0.500. The van der Waals surface area contributed by atoms with E-state index in [0.29, 0.717) is 6.54 Å². The van der Waals surface area contributed by atoms with Gasteiger partial charge in [0.05, 0.1) is 16.3 Å². The zero-order valence-electron chi connectivity index (χ0n) is 14.3. The van der Waals surface area contributed by atoms with E-state index in [9.17, 15) is 9.59 Å². The number of nitrogens with zero attached hydrogens (tertiary/aromatic N) is 1. The lowest BCUT2D eigenvalue weighted by Gasteiger charge is -2.18. The molecule has 8 heteroatoms. The van der Waals surface area contributed by atoms with E-state index in [4.69, 9.17) is 22.1 Å². The summed E-state index contributed by atoms with van der Waals surface area (Å²) < 4.78 is 5.39. The molecule has 0 heterocycles. The van der Waals surface area contributed by atoms with E-state index in [0.717, 1.165) is 19.6 Å². The highest BCUT2D eigenvalue weighted by Crippen LogP contribution is 2.29. The first kappa shape index (κ1) is 20.1. The first-order valence-corrected chi connectivity index (χ1v) is 8.23. The Kier molecular flexibility index (Phi) is 8.35. The SMILES string of the molecule is CCN(CC)CCNC(=O)c1cc(Cl)c(N)cc1OCC(=O)NC. The molecular weight excluding hydrogens is 332 g/mol. The highest BCUT2D eigenvalue weighted by Gasteiger charge is 2.16. The van der Waals surface area contributed by atoms with Crippen LogP contribution in [0, 0.1) is 0 Å². The van der Waals surface area contributed by atoms with Gasteiger partial charge in [-0.1, -0.05) is 25.4 Å². The van der Waals surface area contributed by atoms with Gasteiger partial charge in [-0.25, -0.2) is 0 Å². The van der Waals surface area contributed by atoms with Crippen molar-refractivity contribution in [2.24, 2.45) is 0 Å². The number of nitrogens with two attached hydrogens (primary N) is 1. The second-order valence-electron chi connectivity index (χ2n) is 5.11. The van der Waals surface area contributed by atoms with Crippen LogP contribution >= 0.6 is 11.6 Å². The predicted octanol–water partition coefficient (Wildman–Crippen LogP) is 1.12. The molecule has 0 unspecified atom stereocenters. The third kappa shape index (κ3) is 5.90. The lowest BCUT2D eigenvalue weighted by molar-refractivity contribution is -0.122. The van der Waals surface area contributed by atoms with Crippen LogP contribution in [0.2, 0.25) is 5.02 Å². The molecule has 0 atom stereocenters. The highest BCUT2D eigenvalue weighted by molar-refractivity contribution is 6.33. The third-order valence-corrected chi connectivity index (χ3v) is 3.92. The van der Waals surface area contributed by atoms with Gasteiger partial charge in [-0.2, -0.15) is 0 Å². The van der Waals surface area contributed by atoms with Crippen LogP contribution in [-0.4, -0.2) is 56.5 Å². The minimum absolute atomic E-state index is 0.211. The zero-order chi connectivity index (χ0) is 18.1. The van der Waals surface area contributed by atoms with Crippen molar-refractivity contribution in [1.82, 2.24) is 15.5 Å². The molecular formula is C16H25ClN4O3. The van der Waals surface area contributed by atoms with Crippen molar-refractivity contribution < 1.29 is 14.3 Å². The van der Waals surface area contributed by atoms with Crippen LogP contribution in [0.15, 0.2) is 12.1 Å². The highest BCUT2D eigenvalue weighted by atomic mass is 35.5. The molecule has 0 fully saturated rings. The number of nitrogens with one attached hydrogen (secondary N) is 2. The van der Waals surface area contributed by atoms with Crippen molar-refractivity contribution in [3.05, 3.63) is 22.7 Å². The average molecular weight is 357 g/mol. The second kappa shape index (κ2) is 10.00. The van der Waals surface area contributed by atoms with Gasteiger partial charge in [-0.15, -0.1) is 0 Å². The lowest BCUT2D eigenvalue weighted by atomic mass is 10.1. The van der Waals surface area contributed by atoms with Gasteiger partial charge in [0.25, 0.3) is 11.8 Å². The summed E-state index contributed by atoms with van der Waals surface area (Å²) in [7, 11) is 1.50. The van der Waals surface area contributed by atoms with Crippen LogP contribution in [0.5, 0.6) is 5.75 Å². The first-order chi connectivity index (χ1) is 11.4. The molecule has 0 aromatic heterocycles. The molecule has 7 nitrogen and oxygen atoms in total. The number of hydrogen-bond acceptors (Lipinski definition) is 5. The molecule has 2 amide bonds. The van der Waals surface area contributed by atoms with Crippen LogP contribution in [0.3, 0.4) is 0 Å². The van der Waals surface area contributed by atoms with Gasteiger partial charge in [0.1, 0.15) is 5.75 Å². The Hall–Kier alpha value is -1.99. The molecule has 1 aromatic carbocycles. The van der Waals surface area contributed by atoms with Crippen molar-refractivity contribution >= 4 is 29.1 Å². The Bertz CT molecular complexity index is 577. The number of amides is 2. The van der Waals surface area contributed by atoms with E-state index in [-0.39, 0.29) is 40.4 Å². The fourth-order valence-electron chi connectivity index (χ4n) is 2.04. The van der Waals surface area contributed by atoms with E-state index in [1.54, 1.807) is 0 Å². The van der Waals surface area contributed by atoms with Crippen molar-refractivity contribution in [3.63, 3.8) is 0 Å². The summed E-state index contributed by atoms with van der Waals surface area (Å²) in [6, 6.07) is 2.90. The molecule has 4 N–H and O–H groups in total. The molecule has 0 radical (unpaired) electrons. The van der Waals surface area contributed by atoms with Gasteiger partial charge in [-0.3, -0.25) is 9.59 Å². The standard InChI is InChI=1S/C16H25ClN4O3/c1-4-21(5-2)7-6-20-16(23)11-8-12(17)13(18)9-14(11)24-10-15(22)19-3/h8-9H,4-7,10,18H2,1-3H3,(H,19,22)(H,20,23). The zero-order valence-corrected chi connectivity index (χ0v) is 15.1. The summed E-state index contributed by atoms with van der Waals surface area (Å²) in [5.74, 6) is -0.409. The maximum Gasteiger partial charge on any atom is 0.257 e. The minimum atomic E-state index is -0.323. The van der Waals surface area contributed by atoms with Gasteiger partial charge < -0.3 is 26.0 Å². The lowest BCUT2D eigenvalue weighted by Crippen LogP contribution is -2.35. The molecule has 0 aliphatic rings. The summed E-state index contributed by atoms with van der Waals surface area (Å²) in [5.41, 5.74) is 6.28. The smallest absolute Gasteiger partial charge is 0.257 e. The summed E-state index contributed by atoms with van der Waals surface area (Å²) in [5, 5.41) is 5.53. The summed E-state index contributed by atoms with van der Waals surface area (Å²) in [4.78, 5) is 25.9. The van der Waals surface area contributed by atoms with Crippen LogP contribution in [-0.2, 0) is 4.79 Å². The monoisotopic (exact) mass is 356 g/mol. The Morgan fingerprint density at radius 3 is 2.54 bits per heavy atom. The van der Waals surface area contributed by atoms with Crippen molar-refractivity contribution in [2.75, 3.05) is 45.6 Å². The first-order valence-electron chi connectivity index (χ1n) is 7.85. The van der Waals surface area contributed by atoms with Gasteiger partial charge in [0.15, 0.2) is 6.61 Å². The number of benzene rings is 1. The number of halogens is 1. The van der Waals surface area contributed by atoms with E-state index in [1.807, 2.05) is 0 Å². The molecule has 134 valence electrons. The number of likely N-dealkylation sites (N-methyl/N-ethyl adjacent to an activating group) is 2. The Balaban J connectivity index is 2.81. The Labute approximate surface area is 147 Å². The quantitative estimate of drug-likeness (QED) is 0.576. The van der Waals surface area contributed by atoms with Crippen LogP contribution in [0.4, 0.5) is 5.69 Å². The van der Waals surface area contributed by atoms with Gasteiger partial charge in [-0.05, 0) is 19.2 Å². The molecule has 0 saturated heterocycles. The number of ether oxygens (including phenoxy) is 1. The van der Waals surface area contributed by atoms with E-state index in [1.165, 1.54) is 19.2 Å². The summed E-state index contributed by atoms with van der Waals surface area (Å²) >= 11 is 6.00. The molecule has 0 saturated carbocycles. The van der Waals surface area contributed by atoms with Gasteiger partial charge in [0, 0.05) is 26.2 Å². The number of hydrogen-bond donors (Lipinski definition) is 3. The van der Waals surface area contributed by atoms with E-state index >= 15 is 0 Å². The molecule has 0 aliphatic carbocycles. The van der Waals surface area contributed by atoms with E-state index in [2.05, 4.69) is 29.4 Å². The molecule has 1 aromatic rings. The third-order valence-electron chi connectivity index (χ3n) is 3.59. The Morgan fingerprint density at radius 1 is 1.29 bits per heavy atom. The van der Waals surface area contributed by atoms with E-state index < -0.39 is 0 Å². The van der Waals surface area contributed by atoms with Gasteiger partial charge >= 0.3 is 0 Å². The van der Waals surface area contributed by atoms with Crippen LogP contribution in [0.1, 0.15) is 24.2 Å². The van der Waals surface area contributed by atoms with Crippen LogP contribution in [0.25, 0.3) is 0 Å². The topological polar surface area (TPSA) is 96.7 Å². The predicted molar refractivity (Wildman–Crippen MR) is 95.5 cm³/mol. The fourth-order valence-corrected chi connectivity index (χ4v) is 2.21. The Morgan fingerprint density at radius 2 is 1.96 bits per heavy atom. The minimum Gasteiger partial charge on any atom is -0.483 e. The normalized spacial score (nSPS) is 10.5. The van der Waals surface area contributed by atoms with Crippen molar-refractivity contribution in [3.8, 4) is 5.75 Å². The maximum atomic E-state index is 12.4. The molecule has 0 aliphatic heterocycles. The summed E-state index contributed by atoms with van der Waals surface area (Å²) in [6.07, 6.45) is 0. The van der Waals surface area contributed by atoms with Crippen molar-refractivity contribution in [1.29, 1.82) is 0 Å². The number of carbonyl (C=O) groups excluding carboxylic acids is 2. The number of nitrogen functional groups attached to an aromatic ring is 1. The van der Waals surface area contributed by atoms with Crippen LogP contribution < -0.4 is 21.1 Å². The summed E-state index contributed by atoms with van der Waals surface area (Å²) in [6.45, 7) is 7.00. The number of carbonyl (C=O) groups is 2. The number of anilines is 1. The largest absolute Gasteiger partial charge is 0.483 e. The molecule has 24 heavy (non-hydrogen) atoms. The average Bonchev–Trinajstić information content (AvgIpc) is 2.58.